The number of fused-ring (bicyclic) bond motifs is 2. The first kappa shape index (κ1) is 25.1. The van der Waals surface area contributed by atoms with Crippen molar-refractivity contribution in [3.8, 4) is 23.1 Å². The van der Waals surface area contributed by atoms with Crippen molar-refractivity contribution in [3.63, 3.8) is 0 Å². The number of nitrogens with zero attached hydrogens (tertiary/aromatic N) is 5. The van der Waals surface area contributed by atoms with Gasteiger partial charge in [-0.2, -0.15) is 0 Å². The SMILES string of the molecule is COc1cc2c(Nc3c(Cl)cnc4c3OCO4)ncnc2cc1OCC1CCN(C(=O)CN(C)C)CC1. The monoisotopic (exact) mass is 528 g/mol. The van der Waals surface area contributed by atoms with E-state index in [4.69, 9.17) is 30.5 Å². The van der Waals surface area contributed by atoms with Crippen LogP contribution in [0, 0.1) is 5.92 Å². The number of carbonyl (C=O) groups excluding carboxylic acids is 1. The van der Waals surface area contributed by atoms with Gasteiger partial charge in [-0.05, 0) is 38.9 Å². The van der Waals surface area contributed by atoms with E-state index in [1.807, 2.05) is 36.0 Å². The average molecular weight is 529 g/mol. The predicted molar refractivity (Wildman–Crippen MR) is 138 cm³/mol. The number of hydrogen-bond donors (Lipinski definition) is 1. The Kier molecular flexibility index (Phi) is 7.33. The van der Waals surface area contributed by atoms with Gasteiger partial charge in [-0.3, -0.25) is 4.79 Å². The fourth-order valence-electron chi connectivity index (χ4n) is 4.43. The zero-order chi connectivity index (χ0) is 25.9. The summed E-state index contributed by atoms with van der Waals surface area (Å²) in [5.74, 6) is 3.01. The molecule has 196 valence electrons. The smallest absolute Gasteiger partial charge is 0.262 e. The van der Waals surface area contributed by atoms with Gasteiger partial charge in [-0.1, -0.05) is 11.6 Å². The first-order valence-electron chi connectivity index (χ1n) is 12.0. The highest BCUT2D eigenvalue weighted by molar-refractivity contribution is 6.33. The molecule has 0 atom stereocenters. The minimum atomic E-state index is 0.0712. The van der Waals surface area contributed by atoms with Crippen LogP contribution in [0.4, 0.5) is 11.5 Å². The van der Waals surface area contributed by atoms with Crippen LogP contribution < -0.4 is 24.3 Å². The number of nitrogens with one attached hydrogen (secondary N) is 1. The second kappa shape index (κ2) is 10.8. The van der Waals surface area contributed by atoms with Gasteiger partial charge in [0.2, 0.25) is 18.4 Å². The Hall–Kier alpha value is -3.57. The number of piperidine rings is 1. The lowest BCUT2D eigenvalue weighted by atomic mass is 9.97. The van der Waals surface area contributed by atoms with Crippen molar-refractivity contribution < 1.29 is 23.7 Å². The molecule has 12 heteroatoms. The van der Waals surface area contributed by atoms with Gasteiger partial charge in [-0.25, -0.2) is 15.0 Å². The highest BCUT2D eigenvalue weighted by Crippen LogP contribution is 2.44. The van der Waals surface area contributed by atoms with Crippen LogP contribution >= 0.6 is 11.6 Å². The first-order valence-corrected chi connectivity index (χ1v) is 12.4. The van der Waals surface area contributed by atoms with Crippen molar-refractivity contribution in [1.29, 1.82) is 0 Å². The van der Waals surface area contributed by atoms with Crippen LogP contribution in [-0.4, -0.2) is 84.9 Å². The zero-order valence-electron chi connectivity index (χ0n) is 21.0. The van der Waals surface area contributed by atoms with Gasteiger partial charge in [0, 0.05) is 24.5 Å². The van der Waals surface area contributed by atoms with Crippen LogP contribution in [0.2, 0.25) is 5.02 Å². The number of likely N-dealkylation sites (N-methyl/N-ethyl adjacent to an activating group) is 1. The maximum Gasteiger partial charge on any atom is 0.262 e. The molecule has 1 fully saturated rings. The van der Waals surface area contributed by atoms with Gasteiger partial charge >= 0.3 is 0 Å². The molecular weight excluding hydrogens is 500 g/mol. The number of pyridine rings is 1. The highest BCUT2D eigenvalue weighted by atomic mass is 35.5. The summed E-state index contributed by atoms with van der Waals surface area (Å²) < 4.78 is 22.7. The summed E-state index contributed by atoms with van der Waals surface area (Å²) in [5, 5.41) is 4.33. The minimum Gasteiger partial charge on any atom is -0.493 e. The third kappa shape index (κ3) is 5.42. The number of hydrogen-bond acceptors (Lipinski definition) is 10. The molecule has 37 heavy (non-hydrogen) atoms. The lowest BCUT2D eigenvalue weighted by molar-refractivity contribution is -0.133. The maximum absolute atomic E-state index is 12.3. The van der Waals surface area contributed by atoms with Gasteiger partial charge < -0.3 is 34.1 Å². The van der Waals surface area contributed by atoms with Crippen molar-refractivity contribution in [2.45, 2.75) is 12.8 Å². The molecule has 1 aromatic carbocycles. The number of halogens is 1. The van der Waals surface area contributed by atoms with E-state index in [1.165, 1.54) is 12.5 Å². The third-order valence-electron chi connectivity index (χ3n) is 6.41. The quantitative estimate of drug-likeness (QED) is 0.467. The molecule has 11 nitrogen and oxygen atoms in total. The number of likely N-dealkylation sites (tertiary alicyclic amines) is 1. The molecule has 0 radical (unpaired) electrons. The van der Waals surface area contributed by atoms with E-state index >= 15 is 0 Å². The van der Waals surface area contributed by atoms with E-state index in [-0.39, 0.29) is 12.7 Å². The van der Waals surface area contributed by atoms with E-state index in [9.17, 15) is 4.79 Å². The number of benzene rings is 1. The van der Waals surface area contributed by atoms with Crippen molar-refractivity contribution >= 4 is 39.9 Å². The van der Waals surface area contributed by atoms with Gasteiger partial charge in [0.05, 0.1) is 37.0 Å². The molecule has 0 saturated carbocycles. The summed E-state index contributed by atoms with van der Waals surface area (Å²) in [6, 6.07) is 3.68. The standard InChI is InChI=1S/C25H29ClN6O5/c1-31(2)11-21(33)32-6-4-15(5-7-32)12-35-20-9-18-16(8-19(20)34-3)24(29-13-28-18)30-22-17(26)10-27-25-23(22)36-14-37-25/h8-10,13,15H,4-7,11-12,14H2,1-3H3,(H,27,28,29,30). The average Bonchev–Trinajstić information content (AvgIpc) is 3.38. The van der Waals surface area contributed by atoms with Crippen molar-refractivity contribution in [2.24, 2.45) is 5.92 Å². The number of methoxy groups -OCH3 is 1. The lowest BCUT2D eigenvalue weighted by Gasteiger charge is -2.32. The van der Waals surface area contributed by atoms with E-state index in [0.29, 0.717) is 64.2 Å². The maximum atomic E-state index is 12.3. The second-order valence-corrected chi connectivity index (χ2v) is 9.67. The molecular formula is C25H29ClN6O5. The van der Waals surface area contributed by atoms with E-state index in [0.717, 1.165) is 31.3 Å². The molecule has 1 amide bonds. The second-order valence-electron chi connectivity index (χ2n) is 9.26. The molecule has 2 aromatic heterocycles. The minimum absolute atomic E-state index is 0.0712. The largest absolute Gasteiger partial charge is 0.493 e. The van der Waals surface area contributed by atoms with Crippen LogP contribution in [0.5, 0.6) is 23.1 Å². The normalized spacial score (nSPS) is 15.3. The lowest BCUT2D eigenvalue weighted by Crippen LogP contribution is -2.43. The number of anilines is 2. The summed E-state index contributed by atoms with van der Waals surface area (Å²) in [7, 11) is 5.41. The van der Waals surface area contributed by atoms with Crippen LogP contribution in [0.25, 0.3) is 10.9 Å². The Morgan fingerprint density at radius 1 is 1.19 bits per heavy atom. The molecule has 5 rings (SSSR count). The zero-order valence-corrected chi connectivity index (χ0v) is 21.7. The van der Waals surface area contributed by atoms with E-state index in [1.54, 1.807) is 7.11 Å². The molecule has 4 heterocycles. The molecule has 1 N–H and O–H groups in total. The summed E-state index contributed by atoms with van der Waals surface area (Å²) >= 11 is 6.38. The Labute approximate surface area is 219 Å². The molecule has 0 aliphatic carbocycles. The fourth-order valence-corrected chi connectivity index (χ4v) is 4.61. The van der Waals surface area contributed by atoms with Gasteiger partial charge in [0.15, 0.2) is 11.5 Å². The number of amides is 1. The Morgan fingerprint density at radius 2 is 2.00 bits per heavy atom. The van der Waals surface area contributed by atoms with Crippen LogP contribution in [0.15, 0.2) is 24.7 Å². The first-order chi connectivity index (χ1) is 17.9. The van der Waals surface area contributed by atoms with Crippen LogP contribution in [0.1, 0.15) is 12.8 Å². The summed E-state index contributed by atoms with van der Waals surface area (Å²) in [6.07, 6.45) is 4.76. The Balaban J connectivity index is 1.30. The summed E-state index contributed by atoms with van der Waals surface area (Å²) in [4.78, 5) is 29.1. The molecule has 0 unspecified atom stereocenters. The predicted octanol–water partition coefficient (Wildman–Crippen LogP) is 3.34. The number of rotatable bonds is 8. The van der Waals surface area contributed by atoms with Gasteiger partial charge in [0.1, 0.15) is 17.8 Å². The Bertz CT molecular complexity index is 1300. The number of aromatic nitrogens is 3. The summed E-state index contributed by atoms with van der Waals surface area (Å²) in [5.41, 5.74) is 1.19. The molecule has 0 bridgehead atoms. The number of carbonyl (C=O) groups is 1. The van der Waals surface area contributed by atoms with Crippen molar-refractivity contribution in [2.75, 3.05) is 59.6 Å². The Morgan fingerprint density at radius 3 is 2.76 bits per heavy atom. The summed E-state index contributed by atoms with van der Waals surface area (Å²) in [6.45, 7) is 2.53. The van der Waals surface area contributed by atoms with E-state index < -0.39 is 0 Å². The van der Waals surface area contributed by atoms with Crippen LogP contribution in [-0.2, 0) is 4.79 Å². The molecule has 0 spiro atoms. The van der Waals surface area contributed by atoms with Gasteiger partial charge in [-0.15, -0.1) is 0 Å². The van der Waals surface area contributed by atoms with Crippen molar-refractivity contribution in [1.82, 2.24) is 24.8 Å². The van der Waals surface area contributed by atoms with E-state index in [2.05, 4.69) is 20.3 Å². The molecule has 2 aliphatic rings. The number of ether oxygens (including phenoxy) is 4. The van der Waals surface area contributed by atoms with Crippen LogP contribution in [0.3, 0.4) is 0 Å². The fraction of sp³-hybridized carbons (Fsp3) is 0.440. The molecule has 1 saturated heterocycles. The topological polar surface area (TPSA) is 111 Å². The molecule has 2 aliphatic heterocycles. The van der Waals surface area contributed by atoms with Crippen molar-refractivity contribution in [3.05, 3.63) is 29.7 Å². The van der Waals surface area contributed by atoms with Gasteiger partial charge in [0.25, 0.3) is 5.88 Å². The third-order valence-corrected chi connectivity index (χ3v) is 6.70. The molecule has 3 aromatic rings. The highest BCUT2D eigenvalue weighted by Gasteiger charge is 2.25.